The average Bonchev–Trinajstić information content (AvgIpc) is 2.97. The van der Waals surface area contributed by atoms with E-state index >= 15 is 0 Å². The van der Waals surface area contributed by atoms with Gasteiger partial charge >= 0.3 is 0 Å². The van der Waals surface area contributed by atoms with Crippen molar-refractivity contribution >= 4 is 5.91 Å². The zero-order valence-electron chi connectivity index (χ0n) is 11.6. The molecule has 5 heteroatoms. The third kappa shape index (κ3) is 2.31. The Morgan fingerprint density at radius 2 is 2.05 bits per heavy atom. The van der Waals surface area contributed by atoms with E-state index in [0.717, 1.165) is 37.3 Å². The minimum atomic E-state index is 0.0314. The molecule has 1 saturated heterocycles. The molecule has 1 aliphatic rings. The summed E-state index contributed by atoms with van der Waals surface area (Å²) >= 11 is 0. The number of likely N-dealkylation sites (tertiary alicyclic amines) is 1. The van der Waals surface area contributed by atoms with Crippen LogP contribution in [-0.4, -0.2) is 32.1 Å². The van der Waals surface area contributed by atoms with E-state index in [1.165, 1.54) is 0 Å². The lowest BCUT2D eigenvalue weighted by atomic mass is 10.0. The van der Waals surface area contributed by atoms with Crippen LogP contribution in [0.25, 0.3) is 5.69 Å². The Labute approximate surface area is 118 Å². The Morgan fingerprint density at radius 3 is 2.80 bits per heavy atom. The predicted molar refractivity (Wildman–Crippen MR) is 75.3 cm³/mol. The van der Waals surface area contributed by atoms with E-state index in [-0.39, 0.29) is 11.9 Å². The highest BCUT2D eigenvalue weighted by molar-refractivity contribution is 5.73. The van der Waals surface area contributed by atoms with Gasteiger partial charge in [-0.25, -0.2) is 0 Å². The van der Waals surface area contributed by atoms with Crippen molar-refractivity contribution in [2.24, 2.45) is 0 Å². The molecule has 1 atom stereocenters. The van der Waals surface area contributed by atoms with Crippen molar-refractivity contribution < 1.29 is 4.79 Å². The molecule has 2 heterocycles. The minimum absolute atomic E-state index is 0.0314. The number of nitrogens with zero attached hydrogens (tertiary/aromatic N) is 4. The van der Waals surface area contributed by atoms with Gasteiger partial charge in [0.25, 0.3) is 0 Å². The number of hydrogen-bond donors (Lipinski definition) is 0. The van der Waals surface area contributed by atoms with Crippen LogP contribution in [0.5, 0.6) is 0 Å². The fourth-order valence-electron chi connectivity index (χ4n) is 2.84. The number of rotatable bonds is 2. The van der Waals surface area contributed by atoms with Gasteiger partial charge in [-0.1, -0.05) is 18.2 Å². The number of carbonyl (C=O) groups excluding carboxylic acids is 1. The van der Waals surface area contributed by atoms with Gasteiger partial charge in [-0.15, -0.1) is 10.2 Å². The molecule has 1 aliphatic heterocycles. The van der Waals surface area contributed by atoms with Gasteiger partial charge in [-0.05, 0) is 31.4 Å². The second-order valence-corrected chi connectivity index (χ2v) is 5.12. The summed E-state index contributed by atoms with van der Waals surface area (Å²) in [4.78, 5) is 13.7. The molecule has 0 N–H and O–H groups in total. The third-order valence-electron chi connectivity index (χ3n) is 3.81. The van der Waals surface area contributed by atoms with Gasteiger partial charge < -0.3 is 4.90 Å². The first-order chi connectivity index (χ1) is 9.77. The molecule has 1 amide bonds. The van der Waals surface area contributed by atoms with Crippen molar-refractivity contribution in [3.8, 4) is 5.69 Å². The molecule has 2 aromatic rings. The van der Waals surface area contributed by atoms with Gasteiger partial charge in [0, 0.05) is 19.2 Å². The van der Waals surface area contributed by atoms with Gasteiger partial charge in [0.05, 0.1) is 6.04 Å². The van der Waals surface area contributed by atoms with E-state index in [4.69, 9.17) is 0 Å². The fourth-order valence-corrected chi connectivity index (χ4v) is 2.84. The Balaban J connectivity index is 1.98. The van der Waals surface area contributed by atoms with Gasteiger partial charge in [0.2, 0.25) is 5.91 Å². The molecule has 0 aliphatic carbocycles. The maximum Gasteiger partial charge on any atom is 0.220 e. The number of aromatic nitrogens is 3. The van der Waals surface area contributed by atoms with Crippen LogP contribution in [0.4, 0.5) is 0 Å². The van der Waals surface area contributed by atoms with Crippen molar-refractivity contribution in [3.05, 3.63) is 42.5 Å². The quantitative estimate of drug-likeness (QED) is 0.841. The van der Waals surface area contributed by atoms with Gasteiger partial charge in [0.1, 0.15) is 6.33 Å². The Bertz CT molecular complexity index is 593. The van der Waals surface area contributed by atoms with Gasteiger partial charge in [0.15, 0.2) is 5.82 Å². The number of benzene rings is 1. The third-order valence-corrected chi connectivity index (χ3v) is 3.81. The largest absolute Gasteiger partial charge is 0.333 e. The van der Waals surface area contributed by atoms with Crippen LogP contribution in [0.15, 0.2) is 36.7 Å². The molecule has 1 aromatic heterocycles. The molecular formula is C15H18N4O. The first-order valence-corrected chi connectivity index (χ1v) is 7.00. The van der Waals surface area contributed by atoms with E-state index in [9.17, 15) is 4.79 Å². The molecule has 20 heavy (non-hydrogen) atoms. The molecule has 104 valence electrons. The molecule has 0 spiro atoms. The number of hydrogen-bond acceptors (Lipinski definition) is 3. The number of piperidine rings is 1. The lowest BCUT2D eigenvalue weighted by Crippen LogP contribution is -2.38. The number of para-hydroxylation sites is 1. The normalized spacial score (nSPS) is 19.1. The standard InChI is InChI=1S/C15H18N4O/c1-12(20)18-10-6-5-9-14(18)15-17-16-11-19(15)13-7-3-2-4-8-13/h2-4,7-8,11,14H,5-6,9-10H2,1H3. The highest BCUT2D eigenvalue weighted by atomic mass is 16.2. The zero-order chi connectivity index (χ0) is 13.9. The maximum atomic E-state index is 11.8. The van der Waals surface area contributed by atoms with Gasteiger partial charge in [-0.2, -0.15) is 0 Å². The topological polar surface area (TPSA) is 51.0 Å². The molecule has 1 unspecified atom stereocenters. The fraction of sp³-hybridized carbons (Fsp3) is 0.400. The van der Waals surface area contributed by atoms with Crippen molar-refractivity contribution in [1.82, 2.24) is 19.7 Å². The monoisotopic (exact) mass is 270 g/mol. The molecule has 1 aromatic carbocycles. The van der Waals surface area contributed by atoms with E-state index in [1.807, 2.05) is 39.8 Å². The van der Waals surface area contributed by atoms with E-state index in [0.29, 0.717) is 0 Å². The van der Waals surface area contributed by atoms with Crippen LogP contribution in [-0.2, 0) is 4.79 Å². The summed E-state index contributed by atoms with van der Waals surface area (Å²) < 4.78 is 1.98. The Kier molecular flexibility index (Phi) is 3.50. The van der Waals surface area contributed by atoms with Crippen LogP contribution in [0, 0.1) is 0 Å². The Hall–Kier alpha value is -2.17. The van der Waals surface area contributed by atoms with Crippen LogP contribution < -0.4 is 0 Å². The lowest BCUT2D eigenvalue weighted by molar-refractivity contribution is -0.132. The lowest BCUT2D eigenvalue weighted by Gasteiger charge is -2.34. The molecule has 3 rings (SSSR count). The predicted octanol–water partition coefficient (Wildman–Crippen LogP) is 2.34. The number of carbonyl (C=O) groups is 1. The highest BCUT2D eigenvalue weighted by Gasteiger charge is 2.29. The Morgan fingerprint density at radius 1 is 1.25 bits per heavy atom. The highest BCUT2D eigenvalue weighted by Crippen LogP contribution is 2.30. The van der Waals surface area contributed by atoms with Crippen LogP contribution in [0.2, 0.25) is 0 Å². The molecule has 0 radical (unpaired) electrons. The van der Waals surface area contributed by atoms with Crippen molar-refractivity contribution in [1.29, 1.82) is 0 Å². The van der Waals surface area contributed by atoms with E-state index in [2.05, 4.69) is 10.2 Å². The smallest absolute Gasteiger partial charge is 0.220 e. The van der Waals surface area contributed by atoms with Gasteiger partial charge in [-0.3, -0.25) is 9.36 Å². The zero-order valence-corrected chi connectivity index (χ0v) is 11.6. The second kappa shape index (κ2) is 5.45. The summed E-state index contributed by atoms with van der Waals surface area (Å²) in [5.41, 5.74) is 1.03. The van der Waals surface area contributed by atoms with Crippen molar-refractivity contribution in [2.45, 2.75) is 32.2 Å². The first kappa shape index (κ1) is 12.8. The van der Waals surface area contributed by atoms with Crippen LogP contribution >= 0.6 is 0 Å². The molecular weight excluding hydrogens is 252 g/mol. The van der Waals surface area contributed by atoms with E-state index < -0.39 is 0 Å². The summed E-state index contributed by atoms with van der Waals surface area (Å²) in [5, 5.41) is 8.31. The van der Waals surface area contributed by atoms with E-state index in [1.54, 1.807) is 13.3 Å². The average molecular weight is 270 g/mol. The second-order valence-electron chi connectivity index (χ2n) is 5.12. The first-order valence-electron chi connectivity index (χ1n) is 7.00. The molecule has 0 saturated carbocycles. The molecule has 5 nitrogen and oxygen atoms in total. The summed E-state index contributed by atoms with van der Waals surface area (Å²) in [7, 11) is 0. The molecule has 1 fully saturated rings. The summed E-state index contributed by atoms with van der Waals surface area (Å²) in [5.74, 6) is 0.961. The van der Waals surface area contributed by atoms with Crippen LogP contribution in [0.1, 0.15) is 38.1 Å². The summed E-state index contributed by atoms with van der Waals surface area (Å²) in [6.45, 7) is 2.43. The van der Waals surface area contributed by atoms with Crippen molar-refractivity contribution in [2.75, 3.05) is 6.54 Å². The van der Waals surface area contributed by atoms with Crippen molar-refractivity contribution in [3.63, 3.8) is 0 Å². The summed E-state index contributed by atoms with van der Waals surface area (Å²) in [6, 6.07) is 10.0. The minimum Gasteiger partial charge on any atom is -0.333 e. The summed E-state index contributed by atoms with van der Waals surface area (Å²) in [6.07, 6.45) is 4.86. The molecule has 0 bridgehead atoms. The number of amides is 1. The maximum absolute atomic E-state index is 11.8. The SMILES string of the molecule is CC(=O)N1CCCCC1c1nncn1-c1ccccc1. The van der Waals surface area contributed by atoms with Crippen LogP contribution in [0.3, 0.4) is 0 Å².